The van der Waals surface area contributed by atoms with E-state index in [9.17, 15) is 14.9 Å². The number of nitriles is 1. The zero-order valence-corrected chi connectivity index (χ0v) is 21.3. The molecule has 0 radical (unpaired) electrons. The van der Waals surface area contributed by atoms with Gasteiger partial charge in [0, 0.05) is 24.3 Å². The number of primary amides is 1. The molecule has 5 rings (SSSR count). The zero-order valence-electron chi connectivity index (χ0n) is 21.3. The van der Waals surface area contributed by atoms with Crippen LogP contribution in [-0.4, -0.2) is 50.8 Å². The fourth-order valence-corrected chi connectivity index (χ4v) is 5.34. The lowest BCUT2D eigenvalue weighted by Crippen LogP contribution is -2.43. The van der Waals surface area contributed by atoms with Gasteiger partial charge in [-0.05, 0) is 75.6 Å². The van der Waals surface area contributed by atoms with Crippen LogP contribution in [0.15, 0.2) is 36.7 Å². The Labute approximate surface area is 220 Å². The molecule has 0 spiro atoms. The van der Waals surface area contributed by atoms with Gasteiger partial charge in [-0.15, -0.1) is 0 Å². The highest BCUT2D eigenvalue weighted by Crippen LogP contribution is 2.35. The maximum Gasteiger partial charge on any atom is 0.404 e. The topological polar surface area (TPSA) is 173 Å². The second-order valence-electron chi connectivity index (χ2n) is 10.3. The van der Waals surface area contributed by atoms with Crippen LogP contribution in [0.2, 0.25) is 0 Å². The van der Waals surface area contributed by atoms with Crippen molar-refractivity contribution in [3.05, 3.63) is 47.8 Å². The Kier molecular flexibility index (Phi) is 7.15. The van der Waals surface area contributed by atoms with Crippen LogP contribution in [0, 0.1) is 17.2 Å². The summed E-state index contributed by atoms with van der Waals surface area (Å²) in [6, 6.07) is 9.89. The number of nitrogens with two attached hydrogens (primary N) is 2. The maximum absolute atomic E-state index is 13.3. The number of aromatic nitrogens is 3. The van der Waals surface area contributed by atoms with Crippen LogP contribution in [0.1, 0.15) is 61.4 Å². The maximum atomic E-state index is 13.3. The number of amides is 2. The van der Waals surface area contributed by atoms with Gasteiger partial charge < -0.3 is 26.8 Å². The zero-order chi connectivity index (χ0) is 26.8. The number of carbonyl (C=O) groups is 2. The first-order valence-electron chi connectivity index (χ1n) is 13.0. The Morgan fingerprint density at radius 2 is 1.92 bits per heavy atom. The molecule has 2 amide bonds. The number of nitrogens with one attached hydrogen (secondary N) is 2. The van der Waals surface area contributed by atoms with Gasteiger partial charge in [-0.3, -0.25) is 9.78 Å². The van der Waals surface area contributed by atoms with Crippen LogP contribution in [-0.2, 0) is 4.74 Å². The smallest absolute Gasteiger partial charge is 0.404 e. The fourth-order valence-electron chi connectivity index (χ4n) is 5.34. The lowest BCUT2D eigenvalue weighted by Gasteiger charge is -2.39. The first-order chi connectivity index (χ1) is 18.3. The second kappa shape index (κ2) is 10.7. The van der Waals surface area contributed by atoms with Gasteiger partial charge in [0.1, 0.15) is 12.2 Å². The molecule has 0 bridgehead atoms. The summed E-state index contributed by atoms with van der Waals surface area (Å²) in [4.78, 5) is 29.1. The van der Waals surface area contributed by atoms with Crippen molar-refractivity contribution in [3.8, 4) is 17.5 Å². The number of rotatable bonds is 7. The molecule has 3 aromatic heterocycles. The first kappa shape index (κ1) is 25.5. The average molecular weight is 517 g/mol. The number of pyridine rings is 1. The summed E-state index contributed by atoms with van der Waals surface area (Å²) in [6.07, 6.45) is 7.12. The molecular formula is C27H32N8O3. The third kappa shape index (κ3) is 5.40. The number of anilines is 1. The molecule has 198 valence electrons. The van der Waals surface area contributed by atoms with Crippen LogP contribution in [0.4, 0.5) is 10.5 Å². The van der Waals surface area contributed by atoms with Crippen molar-refractivity contribution in [2.24, 2.45) is 17.4 Å². The standard InChI is InChI=1S/C27H32N8O3/c1-15(38-27(30)37)17-9-20(10-17)33-23-11-24(25-7-6-21-8-16(12-28)13-32-35(21)25)31-14-22(23)26(36)34-19-4-2-18(29)3-5-19/h6-8,11,13-15,17-20H,2-5,9-10,29H2,1H3,(H2,30,37)(H,31,33)(H,34,36). The lowest BCUT2D eigenvalue weighted by atomic mass is 9.77. The summed E-state index contributed by atoms with van der Waals surface area (Å²) < 4.78 is 6.85. The van der Waals surface area contributed by atoms with Gasteiger partial charge in [-0.2, -0.15) is 10.4 Å². The molecule has 2 aliphatic rings. The summed E-state index contributed by atoms with van der Waals surface area (Å²) in [5, 5.41) is 20.2. The van der Waals surface area contributed by atoms with Crippen molar-refractivity contribution in [3.63, 3.8) is 0 Å². The number of ether oxygens (including phenoxy) is 1. The van der Waals surface area contributed by atoms with Gasteiger partial charge in [0.05, 0.1) is 39.9 Å². The largest absolute Gasteiger partial charge is 0.446 e. The van der Waals surface area contributed by atoms with Crippen LogP contribution < -0.4 is 22.1 Å². The van der Waals surface area contributed by atoms with Crippen LogP contribution in [0.5, 0.6) is 0 Å². The summed E-state index contributed by atoms with van der Waals surface area (Å²) in [7, 11) is 0. The van der Waals surface area contributed by atoms with E-state index in [4.69, 9.17) is 16.2 Å². The van der Waals surface area contributed by atoms with Crippen molar-refractivity contribution in [2.75, 3.05) is 5.32 Å². The molecular weight excluding hydrogens is 484 g/mol. The molecule has 11 heteroatoms. The number of hydrogen-bond donors (Lipinski definition) is 4. The monoisotopic (exact) mass is 516 g/mol. The van der Waals surface area contributed by atoms with E-state index in [1.54, 1.807) is 16.8 Å². The van der Waals surface area contributed by atoms with E-state index in [-0.39, 0.29) is 36.1 Å². The van der Waals surface area contributed by atoms with E-state index in [2.05, 4.69) is 26.8 Å². The van der Waals surface area contributed by atoms with Gasteiger partial charge in [0.15, 0.2) is 0 Å². The Morgan fingerprint density at radius 1 is 1.16 bits per heavy atom. The molecule has 2 aliphatic carbocycles. The predicted octanol–water partition coefficient (Wildman–Crippen LogP) is 2.94. The number of fused-ring (bicyclic) bond motifs is 1. The third-order valence-corrected chi connectivity index (χ3v) is 7.65. The minimum atomic E-state index is -0.773. The third-order valence-electron chi connectivity index (χ3n) is 7.65. The Hall–Kier alpha value is -4.17. The van der Waals surface area contributed by atoms with Gasteiger partial charge >= 0.3 is 6.09 Å². The normalized spacial score (nSPS) is 23.6. The molecule has 6 N–H and O–H groups in total. The number of carbonyl (C=O) groups excluding carboxylic acids is 2. The molecule has 2 fully saturated rings. The van der Waals surface area contributed by atoms with E-state index >= 15 is 0 Å². The van der Waals surface area contributed by atoms with Crippen LogP contribution >= 0.6 is 0 Å². The Morgan fingerprint density at radius 3 is 2.63 bits per heavy atom. The van der Waals surface area contributed by atoms with Gasteiger partial charge in [0.25, 0.3) is 5.91 Å². The first-order valence-corrected chi connectivity index (χ1v) is 13.0. The molecule has 11 nitrogen and oxygen atoms in total. The molecule has 1 unspecified atom stereocenters. The number of hydrogen-bond acceptors (Lipinski definition) is 8. The highest BCUT2D eigenvalue weighted by atomic mass is 16.6. The van der Waals surface area contributed by atoms with Gasteiger partial charge in [-0.25, -0.2) is 9.31 Å². The van der Waals surface area contributed by atoms with Crippen molar-refractivity contribution < 1.29 is 14.3 Å². The SMILES string of the molecule is CC(OC(N)=O)C1CC(Nc2cc(-c3ccc4cc(C#N)cnn34)ncc2C(=O)NC2CCC(N)CC2)C1. The second-order valence-corrected chi connectivity index (χ2v) is 10.3. The van der Waals surface area contributed by atoms with E-state index in [0.29, 0.717) is 22.5 Å². The van der Waals surface area contributed by atoms with Crippen LogP contribution in [0.25, 0.3) is 16.9 Å². The Balaban J connectivity index is 1.39. The highest BCUT2D eigenvalue weighted by molar-refractivity contribution is 6.00. The van der Waals surface area contributed by atoms with E-state index in [0.717, 1.165) is 49.7 Å². The summed E-state index contributed by atoms with van der Waals surface area (Å²) >= 11 is 0. The molecule has 38 heavy (non-hydrogen) atoms. The summed E-state index contributed by atoms with van der Waals surface area (Å²) in [5.41, 5.74) is 15.0. The highest BCUT2D eigenvalue weighted by Gasteiger charge is 2.35. The minimum absolute atomic E-state index is 0.0859. The van der Waals surface area contributed by atoms with Crippen molar-refractivity contribution >= 4 is 23.2 Å². The Bertz CT molecular complexity index is 1380. The number of nitrogens with zero attached hydrogens (tertiary/aromatic N) is 4. The van der Waals surface area contributed by atoms with Crippen molar-refractivity contribution in [1.29, 1.82) is 5.26 Å². The van der Waals surface area contributed by atoms with Crippen LogP contribution in [0.3, 0.4) is 0 Å². The average Bonchev–Trinajstić information content (AvgIpc) is 3.29. The lowest BCUT2D eigenvalue weighted by molar-refractivity contribution is 0.0451. The molecule has 3 heterocycles. The molecule has 0 aliphatic heterocycles. The quantitative estimate of drug-likeness (QED) is 0.371. The van der Waals surface area contributed by atoms with E-state index in [1.807, 2.05) is 25.1 Å². The van der Waals surface area contributed by atoms with Gasteiger partial charge in [0.2, 0.25) is 0 Å². The van der Waals surface area contributed by atoms with E-state index in [1.165, 1.54) is 6.20 Å². The summed E-state index contributed by atoms with van der Waals surface area (Å²) in [6.45, 7) is 1.84. The molecule has 1 atom stereocenters. The van der Waals surface area contributed by atoms with Crippen molar-refractivity contribution in [1.82, 2.24) is 19.9 Å². The molecule has 0 aromatic carbocycles. The predicted molar refractivity (Wildman–Crippen MR) is 141 cm³/mol. The van der Waals surface area contributed by atoms with Gasteiger partial charge in [-0.1, -0.05) is 0 Å². The summed E-state index contributed by atoms with van der Waals surface area (Å²) in [5.74, 6) is 0.0169. The van der Waals surface area contributed by atoms with E-state index < -0.39 is 6.09 Å². The molecule has 3 aromatic rings. The van der Waals surface area contributed by atoms with Crippen molar-refractivity contribution in [2.45, 2.75) is 69.7 Å². The fraction of sp³-hybridized carbons (Fsp3) is 0.444. The molecule has 0 saturated heterocycles. The minimum Gasteiger partial charge on any atom is -0.446 e. The molecule has 2 saturated carbocycles.